The molecule has 4 heterocycles. The lowest BCUT2D eigenvalue weighted by atomic mass is 9.82. The second-order valence-corrected chi connectivity index (χ2v) is 20.7. The predicted octanol–water partition coefficient (Wildman–Crippen LogP) is 4.73. The standard InChI is InChI=1S/C44H50N4O6Si/c1-29-42(55(3,4)36-18-16-35(53-2)17-19-36)39(24-40(50)47-27-32-12-6-5-11-31(32)23-34(47)28-49)54-44(29)37-14-7-8-15-38(37)48(43(44)52)26-30-10-9-13-33(22-30)46-21-20-45-25-41(46)51/h5-19,22,29,34,39,42,45,49H,20-21,23-28H2,1-4H3/t29-,34-,39+,42-,44+/m0/s1. The molecular weight excluding hydrogens is 709 g/mol. The van der Waals surface area contributed by atoms with Gasteiger partial charge in [0, 0.05) is 36.8 Å². The Hall–Kier alpha value is -4.81. The summed E-state index contributed by atoms with van der Waals surface area (Å²) >= 11 is 0. The number of methoxy groups -OCH3 is 1. The zero-order chi connectivity index (χ0) is 38.5. The largest absolute Gasteiger partial charge is 0.497 e. The van der Waals surface area contributed by atoms with Crippen LogP contribution in [-0.2, 0) is 44.2 Å². The molecular formula is C44H50N4O6Si. The SMILES string of the molecule is COc1ccc([Si](C)(C)[C@@H]2[C@@H](CC(=O)N3Cc4ccccc4C[C@H]3CO)O[C@]3(C(=O)N(Cc4cccc(N5CCNCC5=O)c4)c4ccccc43)[C@H]2C)cc1. The van der Waals surface area contributed by atoms with Gasteiger partial charge in [0.05, 0.1) is 59.1 Å². The first-order valence-corrected chi connectivity index (χ1v) is 22.5. The topological polar surface area (TPSA) is 112 Å². The number of nitrogens with zero attached hydrogens (tertiary/aromatic N) is 3. The Morgan fingerprint density at radius 1 is 0.982 bits per heavy atom. The number of amides is 3. The summed E-state index contributed by atoms with van der Waals surface area (Å²) in [6.45, 7) is 8.96. The average molecular weight is 759 g/mol. The number of para-hydroxylation sites is 1. The average Bonchev–Trinajstić information content (AvgIpc) is 3.63. The second-order valence-electron chi connectivity index (χ2n) is 16.0. The summed E-state index contributed by atoms with van der Waals surface area (Å²) < 4.78 is 12.8. The number of piperazine rings is 1. The number of ether oxygens (including phenoxy) is 2. The third-order valence-corrected chi connectivity index (χ3v) is 17.0. The molecule has 0 bridgehead atoms. The molecule has 2 N–H and O–H groups in total. The number of carbonyl (C=O) groups excluding carboxylic acids is 3. The molecule has 4 aromatic rings. The van der Waals surface area contributed by atoms with Gasteiger partial charge >= 0.3 is 0 Å². The number of aliphatic hydroxyl groups excluding tert-OH is 1. The fraction of sp³-hybridized carbons (Fsp3) is 0.386. The number of hydrogen-bond donors (Lipinski definition) is 2. The van der Waals surface area contributed by atoms with Crippen molar-refractivity contribution in [1.29, 1.82) is 0 Å². The van der Waals surface area contributed by atoms with E-state index in [-0.39, 0.29) is 48.3 Å². The molecule has 286 valence electrons. The first-order chi connectivity index (χ1) is 26.6. The van der Waals surface area contributed by atoms with E-state index in [1.54, 1.807) is 12.0 Å². The molecule has 0 saturated carbocycles. The van der Waals surface area contributed by atoms with Gasteiger partial charge < -0.3 is 34.6 Å². The van der Waals surface area contributed by atoms with Crippen molar-refractivity contribution in [1.82, 2.24) is 10.2 Å². The van der Waals surface area contributed by atoms with Crippen LogP contribution in [0.2, 0.25) is 18.6 Å². The van der Waals surface area contributed by atoms with Crippen molar-refractivity contribution in [2.75, 3.05) is 43.2 Å². The van der Waals surface area contributed by atoms with Crippen molar-refractivity contribution in [3.8, 4) is 5.75 Å². The molecule has 4 aromatic carbocycles. The second kappa shape index (κ2) is 14.7. The molecule has 4 aliphatic rings. The van der Waals surface area contributed by atoms with E-state index in [4.69, 9.17) is 9.47 Å². The molecule has 5 atom stereocenters. The van der Waals surface area contributed by atoms with E-state index in [1.165, 1.54) is 5.19 Å². The molecule has 4 aliphatic heterocycles. The minimum Gasteiger partial charge on any atom is -0.497 e. The van der Waals surface area contributed by atoms with Gasteiger partial charge in [0.2, 0.25) is 11.8 Å². The highest BCUT2D eigenvalue weighted by Crippen LogP contribution is 2.60. The molecule has 8 rings (SSSR count). The van der Waals surface area contributed by atoms with Gasteiger partial charge in [-0.25, -0.2) is 0 Å². The Morgan fingerprint density at radius 2 is 1.73 bits per heavy atom. The number of aliphatic hydroxyl groups is 1. The summed E-state index contributed by atoms with van der Waals surface area (Å²) in [5.41, 5.74) is 4.16. The van der Waals surface area contributed by atoms with E-state index in [0.29, 0.717) is 32.6 Å². The van der Waals surface area contributed by atoms with Crippen LogP contribution < -0.4 is 25.0 Å². The van der Waals surface area contributed by atoms with Crippen molar-refractivity contribution in [2.45, 2.75) is 69.2 Å². The number of fused-ring (bicyclic) bond motifs is 3. The van der Waals surface area contributed by atoms with Gasteiger partial charge in [-0.2, -0.15) is 0 Å². The Bertz CT molecular complexity index is 2110. The van der Waals surface area contributed by atoms with Crippen LogP contribution in [0, 0.1) is 5.92 Å². The highest BCUT2D eigenvalue weighted by atomic mass is 28.3. The van der Waals surface area contributed by atoms with E-state index in [2.05, 4.69) is 49.6 Å². The predicted molar refractivity (Wildman–Crippen MR) is 215 cm³/mol. The molecule has 11 heteroatoms. The number of anilines is 2. The van der Waals surface area contributed by atoms with E-state index in [0.717, 1.165) is 45.9 Å². The molecule has 0 radical (unpaired) electrons. The molecule has 2 saturated heterocycles. The summed E-state index contributed by atoms with van der Waals surface area (Å²) in [4.78, 5) is 48.1. The first-order valence-electron chi connectivity index (χ1n) is 19.4. The van der Waals surface area contributed by atoms with Gasteiger partial charge in [0.1, 0.15) is 5.75 Å². The Balaban J connectivity index is 1.16. The van der Waals surface area contributed by atoms with Crippen molar-refractivity contribution in [3.63, 3.8) is 0 Å². The number of benzene rings is 4. The normalized spacial score (nSPS) is 25.0. The van der Waals surface area contributed by atoms with Gasteiger partial charge in [0.25, 0.3) is 5.91 Å². The molecule has 10 nitrogen and oxygen atoms in total. The summed E-state index contributed by atoms with van der Waals surface area (Å²) in [6.07, 6.45) is 0.129. The lowest BCUT2D eigenvalue weighted by molar-refractivity contribution is -0.151. The quantitative estimate of drug-likeness (QED) is 0.238. The van der Waals surface area contributed by atoms with Crippen molar-refractivity contribution >= 4 is 42.4 Å². The van der Waals surface area contributed by atoms with Crippen molar-refractivity contribution in [3.05, 3.63) is 119 Å². The molecule has 55 heavy (non-hydrogen) atoms. The van der Waals surface area contributed by atoms with Gasteiger partial charge in [-0.15, -0.1) is 0 Å². The third-order valence-electron chi connectivity index (χ3n) is 12.7. The number of hydrogen-bond acceptors (Lipinski definition) is 7. The summed E-state index contributed by atoms with van der Waals surface area (Å²) in [7, 11) is -0.838. The van der Waals surface area contributed by atoms with E-state index < -0.39 is 19.8 Å². The Labute approximate surface area is 324 Å². The Morgan fingerprint density at radius 3 is 2.47 bits per heavy atom. The van der Waals surface area contributed by atoms with Crippen LogP contribution in [0.15, 0.2) is 97.1 Å². The highest BCUT2D eigenvalue weighted by Gasteiger charge is 2.66. The number of rotatable bonds is 9. The maximum Gasteiger partial charge on any atom is 0.264 e. The highest BCUT2D eigenvalue weighted by molar-refractivity contribution is 6.91. The third kappa shape index (κ3) is 6.36. The maximum atomic E-state index is 15.3. The number of carbonyl (C=O) groups is 3. The fourth-order valence-electron chi connectivity index (χ4n) is 9.84. The monoisotopic (exact) mass is 758 g/mol. The van der Waals surface area contributed by atoms with E-state index in [1.807, 2.05) is 82.6 Å². The molecule has 1 spiro atoms. The van der Waals surface area contributed by atoms with Gasteiger partial charge in [-0.3, -0.25) is 14.4 Å². The number of nitrogens with one attached hydrogen (secondary N) is 1. The van der Waals surface area contributed by atoms with Crippen LogP contribution in [-0.4, -0.2) is 81.3 Å². The van der Waals surface area contributed by atoms with Gasteiger partial charge in [-0.1, -0.05) is 91.9 Å². The molecule has 3 amide bonds. The molecule has 2 fully saturated rings. The zero-order valence-corrected chi connectivity index (χ0v) is 33.0. The molecule has 0 aromatic heterocycles. The lowest BCUT2D eigenvalue weighted by Gasteiger charge is -2.39. The van der Waals surface area contributed by atoms with Crippen molar-refractivity contribution < 1.29 is 29.0 Å². The molecule has 0 unspecified atom stereocenters. The van der Waals surface area contributed by atoms with Crippen LogP contribution in [0.4, 0.5) is 11.4 Å². The first kappa shape index (κ1) is 37.1. The molecule has 0 aliphatic carbocycles. The maximum absolute atomic E-state index is 15.3. The smallest absolute Gasteiger partial charge is 0.264 e. The Kier molecular flexibility index (Phi) is 9.91. The summed E-state index contributed by atoms with van der Waals surface area (Å²) in [5.74, 6) is 0.307. The van der Waals surface area contributed by atoms with Crippen LogP contribution >= 0.6 is 0 Å². The van der Waals surface area contributed by atoms with Crippen LogP contribution in [0.25, 0.3) is 0 Å². The van der Waals surface area contributed by atoms with Crippen LogP contribution in [0.5, 0.6) is 5.75 Å². The summed E-state index contributed by atoms with van der Waals surface area (Å²) in [6, 6.07) is 31.8. The fourth-order valence-corrected chi connectivity index (χ4v) is 13.9. The van der Waals surface area contributed by atoms with Crippen LogP contribution in [0.1, 0.15) is 35.6 Å². The minimum absolute atomic E-state index is 0.0208. The van der Waals surface area contributed by atoms with Gasteiger partial charge in [-0.05, 0) is 59.0 Å². The zero-order valence-electron chi connectivity index (χ0n) is 32.0. The summed E-state index contributed by atoms with van der Waals surface area (Å²) in [5, 5.41) is 14.8. The van der Waals surface area contributed by atoms with E-state index >= 15 is 4.79 Å². The minimum atomic E-state index is -2.50. The van der Waals surface area contributed by atoms with Crippen LogP contribution in [0.3, 0.4) is 0 Å². The van der Waals surface area contributed by atoms with Crippen molar-refractivity contribution in [2.24, 2.45) is 5.92 Å². The lowest BCUT2D eigenvalue weighted by Crippen LogP contribution is -2.52. The van der Waals surface area contributed by atoms with E-state index in [9.17, 15) is 14.7 Å². The van der Waals surface area contributed by atoms with Gasteiger partial charge in [0.15, 0.2) is 5.60 Å².